The number of hydrogen-bond acceptors (Lipinski definition) is 4. The highest BCUT2D eigenvalue weighted by Gasteiger charge is 2.20. The Balaban J connectivity index is 1.81. The van der Waals surface area contributed by atoms with E-state index >= 15 is 0 Å². The van der Waals surface area contributed by atoms with Crippen molar-refractivity contribution < 1.29 is 9.13 Å². The zero-order valence-corrected chi connectivity index (χ0v) is 17.9. The molecule has 0 aliphatic heterocycles. The van der Waals surface area contributed by atoms with E-state index in [-0.39, 0.29) is 36.7 Å². The van der Waals surface area contributed by atoms with Crippen molar-refractivity contribution in [1.82, 2.24) is 18.7 Å². The standard InChI is InChI=1S/C25H21FN4O3/c1-33-13-12-29-24(31)22-23(27-16-28(22)15-17-6-4-9-19(26)14-17)30(25(29)32)21-11-5-8-18-7-2-3-10-20(18)21/h2-11,14,16H,12-13,15H2,1H3. The predicted octanol–water partition coefficient (Wildman–Crippen LogP) is 3.34. The van der Waals surface area contributed by atoms with Crippen LogP contribution >= 0.6 is 0 Å². The highest BCUT2D eigenvalue weighted by molar-refractivity contribution is 5.91. The minimum atomic E-state index is -0.489. The van der Waals surface area contributed by atoms with Gasteiger partial charge in [0.2, 0.25) is 0 Å². The maximum Gasteiger partial charge on any atom is 0.337 e. The first kappa shape index (κ1) is 20.8. The maximum absolute atomic E-state index is 13.7. The van der Waals surface area contributed by atoms with Crippen molar-refractivity contribution in [2.45, 2.75) is 13.1 Å². The van der Waals surface area contributed by atoms with Crippen LogP contribution in [-0.4, -0.2) is 32.4 Å². The molecule has 0 unspecified atom stereocenters. The van der Waals surface area contributed by atoms with Crippen LogP contribution < -0.4 is 11.2 Å². The number of imidazole rings is 1. The molecule has 0 N–H and O–H groups in total. The summed E-state index contributed by atoms with van der Waals surface area (Å²) in [6.07, 6.45) is 1.51. The summed E-state index contributed by atoms with van der Waals surface area (Å²) >= 11 is 0. The Morgan fingerprint density at radius 1 is 1.00 bits per heavy atom. The highest BCUT2D eigenvalue weighted by Crippen LogP contribution is 2.23. The fourth-order valence-corrected chi connectivity index (χ4v) is 4.13. The van der Waals surface area contributed by atoms with Gasteiger partial charge >= 0.3 is 5.69 Å². The van der Waals surface area contributed by atoms with Gasteiger partial charge < -0.3 is 9.30 Å². The van der Waals surface area contributed by atoms with Gasteiger partial charge in [-0.1, -0.05) is 48.5 Å². The lowest BCUT2D eigenvalue weighted by Crippen LogP contribution is -2.41. The summed E-state index contributed by atoms with van der Waals surface area (Å²) in [6, 6.07) is 19.6. The third-order valence-corrected chi connectivity index (χ3v) is 5.67. The average molecular weight is 444 g/mol. The van der Waals surface area contributed by atoms with Gasteiger partial charge in [0.25, 0.3) is 5.56 Å². The zero-order chi connectivity index (χ0) is 22.9. The molecular weight excluding hydrogens is 423 g/mol. The van der Waals surface area contributed by atoms with E-state index in [4.69, 9.17) is 4.74 Å². The quantitative estimate of drug-likeness (QED) is 0.403. The molecule has 0 fully saturated rings. The molecule has 0 saturated carbocycles. The molecule has 7 nitrogen and oxygen atoms in total. The van der Waals surface area contributed by atoms with Gasteiger partial charge in [-0.25, -0.2) is 18.7 Å². The van der Waals surface area contributed by atoms with Crippen molar-refractivity contribution in [2.24, 2.45) is 0 Å². The number of ether oxygens (including phenoxy) is 1. The van der Waals surface area contributed by atoms with Crippen LogP contribution in [0.25, 0.3) is 27.6 Å². The molecule has 0 aliphatic carbocycles. The Kier molecular flexibility index (Phi) is 5.35. The third kappa shape index (κ3) is 3.64. The van der Waals surface area contributed by atoms with Crippen molar-refractivity contribution in [1.29, 1.82) is 0 Å². The number of halogens is 1. The lowest BCUT2D eigenvalue weighted by atomic mass is 10.1. The first-order chi connectivity index (χ1) is 16.1. The van der Waals surface area contributed by atoms with Gasteiger partial charge in [-0.15, -0.1) is 0 Å². The smallest absolute Gasteiger partial charge is 0.337 e. The molecular formula is C25H21FN4O3. The molecule has 33 heavy (non-hydrogen) atoms. The van der Waals surface area contributed by atoms with Gasteiger partial charge in [0.15, 0.2) is 11.2 Å². The summed E-state index contributed by atoms with van der Waals surface area (Å²) in [6.45, 7) is 0.537. The van der Waals surface area contributed by atoms with Crippen molar-refractivity contribution in [3.8, 4) is 5.69 Å². The maximum atomic E-state index is 13.7. The second kappa shape index (κ2) is 8.48. The number of aromatic nitrogens is 4. The Morgan fingerprint density at radius 2 is 1.79 bits per heavy atom. The van der Waals surface area contributed by atoms with Crippen molar-refractivity contribution >= 4 is 21.9 Å². The van der Waals surface area contributed by atoms with Crippen LogP contribution in [0, 0.1) is 5.82 Å². The average Bonchev–Trinajstić information content (AvgIpc) is 3.22. The molecule has 0 atom stereocenters. The first-order valence-electron chi connectivity index (χ1n) is 10.5. The number of benzene rings is 3. The number of methoxy groups -OCH3 is 1. The Hall–Kier alpha value is -4.04. The molecule has 0 bridgehead atoms. The van der Waals surface area contributed by atoms with Gasteiger partial charge in [0.05, 0.1) is 25.2 Å². The van der Waals surface area contributed by atoms with Gasteiger partial charge in [0, 0.05) is 19.0 Å². The van der Waals surface area contributed by atoms with Crippen molar-refractivity contribution in [3.05, 3.63) is 105 Å². The molecule has 0 radical (unpaired) electrons. The number of nitrogens with zero attached hydrogens (tertiary/aromatic N) is 4. The Labute approximate surface area is 187 Å². The summed E-state index contributed by atoms with van der Waals surface area (Å²) in [7, 11) is 1.51. The van der Waals surface area contributed by atoms with E-state index in [0.29, 0.717) is 11.3 Å². The van der Waals surface area contributed by atoms with Gasteiger partial charge in [-0.05, 0) is 29.1 Å². The largest absolute Gasteiger partial charge is 0.383 e. The minimum absolute atomic E-state index is 0.0972. The van der Waals surface area contributed by atoms with Crippen LogP contribution in [0.2, 0.25) is 0 Å². The molecule has 5 rings (SSSR count). The lowest BCUT2D eigenvalue weighted by molar-refractivity contribution is 0.184. The second-order valence-electron chi connectivity index (χ2n) is 7.74. The Morgan fingerprint density at radius 3 is 2.61 bits per heavy atom. The van der Waals surface area contributed by atoms with Crippen molar-refractivity contribution in [3.63, 3.8) is 0 Å². The lowest BCUT2D eigenvalue weighted by Gasteiger charge is -2.14. The van der Waals surface area contributed by atoms with Gasteiger partial charge in [-0.3, -0.25) is 9.36 Å². The van der Waals surface area contributed by atoms with Gasteiger partial charge in [-0.2, -0.15) is 0 Å². The highest BCUT2D eigenvalue weighted by atomic mass is 19.1. The van der Waals surface area contributed by atoms with E-state index < -0.39 is 11.2 Å². The molecule has 0 aliphatic rings. The van der Waals surface area contributed by atoms with E-state index in [1.165, 1.54) is 30.1 Å². The SMILES string of the molecule is COCCn1c(=O)c2c(ncn2Cc2cccc(F)c2)n(-c2cccc3ccccc23)c1=O. The molecule has 3 aromatic carbocycles. The summed E-state index contributed by atoms with van der Waals surface area (Å²) in [5, 5.41) is 1.82. The summed E-state index contributed by atoms with van der Waals surface area (Å²) in [4.78, 5) is 31.4. The monoisotopic (exact) mass is 444 g/mol. The summed E-state index contributed by atoms with van der Waals surface area (Å²) in [5.74, 6) is -0.359. The number of hydrogen-bond donors (Lipinski definition) is 0. The van der Waals surface area contributed by atoms with Crippen LogP contribution in [0.3, 0.4) is 0 Å². The van der Waals surface area contributed by atoms with E-state index in [9.17, 15) is 14.0 Å². The van der Waals surface area contributed by atoms with Crippen molar-refractivity contribution in [2.75, 3.05) is 13.7 Å². The molecule has 0 spiro atoms. The molecule has 0 saturated heterocycles. The van der Waals surface area contributed by atoms with E-state index in [1.54, 1.807) is 16.7 Å². The second-order valence-corrected chi connectivity index (χ2v) is 7.74. The van der Waals surface area contributed by atoms with Crippen LogP contribution in [0.15, 0.2) is 82.6 Å². The van der Waals surface area contributed by atoms with Crippen LogP contribution in [0.5, 0.6) is 0 Å². The van der Waals surface area contributed by atoms with E-state index in [0.717, 1.165) is 15.3 Å². The molecule has 8 heteroatoms. The molecule has 5 aromatic rings. The predicted molar refractivity (Wildman–Crippen MR) is 124 cm³/mol. The topological polar surface area (TPSA) is 71.1 Å². The molecule has 2 aromatic heterocycles. The molecule has 0 amide bonds. The van der Waals surface area contributed by atoms with Crippen LogP contribution in [0.4, 0.5) is 4.39 Å². The zero-order valence-electron chi connectivity index (χ0n) is 17.9. The third-order valence-electron chi connectivity index (χ3n) is 5.67. The van der Waals surface area contributed by atoms with Crippen LogP contribution in [0.1, 0.15) is 5.56 Å². The number of fused-ring (bicyclic) bond motifs is 2. The van der Waals surface area contributed by atoms with E-state index in [1.807, 2.05) is 42.5 Å². The minimum Gasteiger partial charge on any atom is -0.383 e. The molecule has 166 valence electrons. The van der Waals surface area contributed by atoms with Crippen LogP contribution in [-0.2, 0) is 17.8 Å². The first-order valence-corrected chi connectivity index (χ1v) is 10.5. The Bertz CT molecular complexity index is 1590. The summed E-state index contributed by atoms with van der Waals surface area (Å²) in [5.41, 5.74) is 0.883. The van der Waals surface area contributed by atoms with Gasteiger partial charge in [0.1, 0.15) is 5.82 Å². The fourth-order valence-electron chi connectivity index (χ4n) is 4.13. The van der Waals surface area contributed by atoms with E-state index in [2.05, 4.69) is 4.98 Å². The normalized spacial score (nSPS) is 11.5. The fraction of sp³-hybridized carbons (Fsp3) is 0.160. The molecule has 2 heterocycles. The summed E-state index contributed by atoms with van der Waals surface area (Å²) < 4.78 is 23.1. The number of rotatable bonds is 6.